The number of hydrogen-bond donors (Lipinski definition) is 1. The number of nitrogens with one attached hydrogen (secondary N) is 1. The summed E-state index contributed by atoms with van der Waals surface area (Å²) in [6, 6.07) is 15.1. The van der Waals surface area contributed by atoms with Crippen LogP contribution in [0.3, 0.4) is 0 Å². The van der Waals surface area contributed by atoms with Crippen molar-refractivity contribution in [3.05, 3.63) is 87.1 Å². The summed E-state index contributed by atoms with van der Waals surface area (Å²) in [6.07, 6.45) is 2.55. The molecule has 0 spiro atoms. The van der Waals surface area contributed by atoms with Crippen molar-refractivity contribution in [1.29, 1.82) is 5.26 Å². The maximum absolute atomic E-state index is 12.7. The molecule has 34 heavy (non-hydrogen) atoms. The summed E-state index contributed by atoms with van der Waals surface area (Å²) in [5.41, 5.74) is 2.92. The van der Waals surface area contributed by atoms with E-state index in [9.17, 15) is 20.2 Å². The average Bonchev–Trinajstić information content (AvgIpc) is 2.81. The number of rotatable bonds is 8. The lowest BCUT2D eigenvalue weighted by Gasteiger charge is -2.12. The lowest BCUT2D eigenvalue weighted by atomic mass is 10.1. The van der Waals surface area contributed by atoms with E-state index in [1.165, 1.54) is 18.2 Å². The van der Waals surface area contributed by atoms with E-state index in [0.717, 1.165) is 17.3 Å². The van der Waals surface area contributed by atoms with Crippen molar-refractivity contribution >= 4 is 23.4 Å². The van der Waals surface area contributed by atoms with Gasteiger partial charge in [-0.3, -0.25) is 14.9 Å². The van der Waals surface area contributed by atoms with Crippen molar-refractivity contribution in [2.24, 2.45) is 0 Å². The molecule has 0 bridgehead atoms. The molecule has 0 aliphatic heterocycles. The fourth-order valence-corrected chi connectivity index (χ4v) is 3.08. The van der Waals surface area contributed by atoms with Crippen LogP contribution in [0.4, 0.5) is 11.4 Å². The molecule has 0 atom stereocenters. The molecule has 3 aromatic rings. The number of nitrogens with zero attached hydrogens (tertiary/aromatic N) is 3. The van der Waals surface area contributed by atoms with Crippen molar-refractivity contribution in [2.45, 2.75) is 20.8 Å². The van der Waals surface area contributed by atoms with Crippen molar-refractivity contribution in [2.75, 3.05) is 11.9 Å². The first kappa shape index (κ1) is 23.9. The number of hydrogen-bond acceptors (Lipinski definition) is 7. The standard InChI is InChI=1S/C25H22N4O5/c1-4-33-23-13-18(6-9-22(23)34-24-10-7-20(15-27-24)29(31)32)12-19(14-26)25(30)28-21-8-5-16(2)11-17(21)3/h5-13,15H,4H2,1-3H3,(H,28,30)/b19-12-. The largest absolute Gasteiger partial charge is 0.490 e. The van der Waals surface area contributed by atoms with Gasteiger partial charge in [-0.1, -0.05) is 23.8 Å². The van der Waals surface area contributed by atoms with Crippen LogP contribution in [0.25, 0.3) is 6.08 Å². The highest BCUT2D eigenvalue weighted by molar-refractivity contribution is 6.10. The maximum atomic E-state index is 12.7. The van der Waals surface area contributed by atoms with Crippen molar-refractivity contribution < 1.29 is 19.2 Å². The number of nitro groups is 1. The SMILES string of the molecule is CCOc1cc(/C=C(/C#N)C(=O)Nc2ccc(C)cc2C)ccc1Oc1ccc([N+](=O)[O-])cn1. The highest BCUT2D eigenvalue weighted by Gasteiger charge is 2.14. The van der Waals surface area contributed by atoms with E-state index in [2.05, 4.69) is 10.3 Å². The molecule has 0 radical (unpaired) electrons. The Morgan fingerprint density at radius 1 is 1.18 bits per heavy atom. The molecule has 1 N–H and O–H groups in total. The van der Waals surface area contributed by atoms with E-state index in [0.29, 0.717) is 29.4 Å². The minimum Gasteiger partial charge on any atom is -0.490 e. The third-order valence-electron chi connectivity index (χ3n) is 4.72. The van der Waals surface area contributed by atoms with Crippen LogP contribution in [0, 0.1) is 35.3 Å². The predicted octanol–water partition coefficient (Wildman–Crippen LogP) is 5.34. The van der Waals surface area contributed by atoms with Gasteiger partial charge in [-0.05, 0) is 56.2 Å². The zero-order valence-electron chi connectivity index (χ0n) is 18.9. The van der Waals surface area contributed by atoms with E-state index in [-0.39, 0.29) is 17.1 Å². The predicted molar refractivity (Wildman–Crippen MR) is 127 cm³/mol. The summed E-state index contributed by atoms with van der Waals surface area (Å²) in [4.78, 5) is 26.8. The summed E-state index contributed by atoms with van der Waals surface area (Å²) in [7, 11) is 0. The molecule has 1 heterocycles. The van der Waals surface area contributed by atoms with Crippen LogP contribution < -0.4 is 14.8 Å². The van der Waals surface area contributed by atoms with Gasteiger partial charge in [0.1, 0.15) is 17.8 Å². The third kappa shape index (κ3) is 5.95. The van der Waals surface area contributed by atoms with Crippen molar-refractivity contribution in [1.82, 2.24) is 4.98 Å². The Morgan fingerprint density at radius 3 is 2.59 bits per heavy atom. The molecule has 9 heteroatoms. The van der Waals surface area contributed by atoms with Gasteiger partial charge in [0.05, 0.1) is 11.5 Å². The number of aromatic nitrogens is 1. The molecule has 172 valence electrons. The van der Waals surface area contributed by atoms with Gasteiger partial charge < -0.3 is 14.8 Å². The third-order valence-corrected chi connectivity index (χ3v) is 4.72. The summed E-state index contributed by atoms with van der Waals surface area (Å²) < 4.78 is 11.3. The fraction of sp³-hybridized carbons (Fsp3) is 0.160. The lowest BCUT2D eigenvalue weighted by Crippen LogP contribution is -2.14. The Bertz CT molecular complexity index is 1290. The lowest BCUT2D eigenvalue weighted by molar-refractivity contribution is -0.385. The van der Waals surface area contributed by atoms with E-state index in [1.54, 1.807) is 31.2 Å². The van der Waals surface area contributed by atoms with Crippen LogP contribution in [0.5, 0.6) is 17.4 Å². The Labute approximate surface area is 196 Å². The van der Waals surface area contributed by atoms with Crippen LogP contribution >= 0.6 is 0 Å². The van der Waals surface area contributed by atoms with E-state index >= 15 is 0 Å². The van der Waals surface area contributed by atoms with Gasteiger partial charge in [0.15, 0.2) is 11.5 Å². The summed E-state index contributed by atoms with van der Waals surface area (Å²) in [5.74, 6) is 0.324. The Balaban J connectivity index is 1.83. The summed E-state index contributed by atoms with van der Waals surface area (Å²) in [5, 5.41) is 23.1. The molecule has 0 aliphatic rings. The van der Waals surface area contributed by atoms with Gasteiger partial charge in [0.25, 0.3) is 11.6 Å². The zero-order valence-corrected chi connectivity index (χ0v) is 18.9. The monoisotopic (exact) mass is 458 g/mol. The Kier molecular flexibility index (Phi) is 7.56. The molecule has 0 unspecified atom stereocenters. The molecular formula is C25H22N4O5. The van der Waals surface area contributed by atoms with Gasteiger partial charge in [-0.2, -0.15) is 5.26 Å². The van der Waals surface area contributed by atoms with Crippen LogP contribution in [-0.2, 0) is 4.79 Å². The van der Waals surface area contributed by atoms with Crippen LogP contribution in [0.1, 0.15) is 23.6 Å². The minimum absolute atomic E-state index is 0.0758. The number of anilines is 1. The first-order valence-electron chi connectivity index (χ1n) is 10.4. The number of amides is 1. The number of carbonyl (C=O) groups is 1. The fourth-order valence-electron chi connectivity index (χ4n) is 3.08. The molecule has 9 nitrogen and oxygen atoms in total. The molecule has 0 saturated heterocycles. The molecule has 3 rings (SSSR count). The zero-order chi connectivity index (χ0) is 24.7. The number of benzene rings is 2. The van der Waals surface area contributed by atoms with Gasteiger partial charge >= 0.3 is 0 Å². The second-order valence-electron chi connectivity index (χ2n) is 7.30. The first-order chi connectivity index (χ1) is 16.3. The number of carbonyl (C=O) groups excluding carboxylic acids is 1. The molecule has 2 aromatic carbocycles. The van der Waals surface area contributed by atoms with E-state index < -0.39 is 10.8 Å². The van der Waals surface area contributed by atoms with E-state index in [4.69, 9.17) is 9.47 Å². The molecule has 0 fully saturated rings. The van der Waals surface area contributed by atoms with Gasteiger partial charge in [-0.25, -0.2) is 4.98 Å². The van der Waals surface area contributed by atoms with Crippen molar-refractivity contribution in [3.63, 3.8) is 0 Å². The number of nitriles is 1. The van der Waals surface area contributed by atoms with Crippen LogP contribution in [-0.4, -0.2) is 22.4 Å². The minimum atomic E-state index is -0.549. The molecular weight excluding hydrogens is 436 g/mol. The van der Waals surface area contributed by atoms with Crippen LogP contribution in [0.15, 0.2) is 60.3 Å². The first-order valence-corrected chi connectivity index (χ1v) is 10.4. The van der Waals surface area contributed by atoms with Gasteiger partial charge in [0, 0.05) is 17.8 Å². The van der Waals surface area contributed by atoms with Crippen molar-refractivity contribution in [3.8, 4) is 23.4 Å². The van der Waals surface area contributed by atoms with E-state index in [1.807, 2.05) is 32.0 Å². The normalized spacial score (nSPS) is 10.8. The number of ether oxygens (including phenoxy) is 2. The summed E-state index contributed by atoms with van der Waals surface area (Å²) >= 11 is 0. The van der Waals surface area contributed by atoms with Gasteiger partial charge in [0.2, 0.25) is 5.88 Å². The Morgan fingerprint density at radius 2 is 1.97 bits per heavy atom. The van der Waals surface area contributed by atoms with Crippen LogP contribution in [0.2, 0.25) is 0 Å². The molecule has 0 aliphatic carbocycles. The maximum Gasteiger partial charge on any atom is 0.287 e. The highest BCUT2D eigenvalue weighted by Crippen LogP contribution is 2.33. The smallest absolute Gasteiger partial charge is 0.287 e. The average molecular weight is 458 g/mol. The molecule has 1 aromatic heterocycles. The summed E-state index contributed by atoms with van der Waals surface area (Å²) in [6.45, 7) is 5.98. The molecule has 0 saturated carbocycles. The highest BCUT2D eigenvalue weighted by atomic mass is 16.6. The second-order valence-corrected chi connectivity index (χ2v) is 7.30. The topological polar surface area (TPSA) is 127 Å². The van der Waals surface area contributed by atoms with Gasteiger partial charge in [-0.15, -0.1) is 0 Å². The number of pyridine rings is 1. The number of aryl methyl sites for hydroxylation is 2. The Hall–Kier alpha value is -4.71. The second kappa shape index (κ2) is 10.7. The quantitative estimate of drug-likeness (QED) is 0.209. The molecule has 1 amide bonds.